The predicted octanol–water partition coefficient (Wildman–Crippen LogP) is 4.47. The van der Waals surface area contributed by atoms with E-state index in [4.69, 9.17) is 4.74 Å². The maximum atomic E-state index is 13.7. The van der Waals surface area contributed by atoms with Crippen molar-refractivity contribution in [1.82, 2.24) is 9.55 Å². The molecule has 0 amide bonds. The molecule has 26 heavy (non-hydrogen) atoms. The Bertz CT molecular complexity index is 1030. The number of rotatable bonds is 4. The molecule has 2 aromatic carbocycles. The van der Waals surface area contributed by atoms with Gasteiger partial charge in [-0.05, 0) is 53.5 Å². The molecular formula is C19H15BrF2N2O2. The Kier molecular flexibility index (Phi) is 5.18. The van der Waals surface area contributed by atoms with Crippen LogP contribution >= 0.6 is 15.9 Å². The van der Waals surface area contributed by atoms with Gasteiger partial charge in [0.2, 0.25) is 5.88 Å². The average Bonchev–Trinajstić information content (AvgIpc) is 2.60. The van der Waals surface area contributed by atoms with Crippen LogP contribution in [0.25, 0.3) is 5.69 Å². The summed E-state index contributed by atoms with van der Waals surface area (Å²) in [6, 6.07) is 10.7. The molecule has 0 aliphatic heterocycles. The lowest BCUT2D eigenvalue weighted by Gasteiger charge is -2.15. The van der Waals surface area contributed by atoms with E-state index in [1.165, 1.54) is 10.6 Å². The predicted molar refractivity (Wildman–Crippen MR) is 97.7 cm³/mol. The second-order valence-electron chi connectivity index (χ2n) is 5.73. The summed E-state index contributed by atoms with van der Waals surface area (Å²) in [7, 11) is 0. The van der Waals surface area contributed by atoms with E-state index in [0.29, 0.717) is 5.82 Å². The van der Waals surface area contributed by atoms with Gasteiger partial charge < -0.3 is 4.74 Å². The zero-order chi connectivity index (χ0) is 18.8. The lowest BCUT2D eigenvalue weighted by Crippen LogP contribution is -2.24. The van der Waals surface area contributed by atoms with E-state index >= 15 is 0 Å². The first-order valence-electron chi connectivity index (χ1n) is 7.80. The van der Waals surface area contributed by atoms with Gasteiger partial charge in [0.1, 0.15) is 28.5 Å². The molecule has 0 bridgehead atoms. The van der Waals surface area contributed by atoms with Crippen LogP contribution in [0.5, 0.6) is 5.88 Å². The van der Waals surface area contributed by atoms with Crippen LogP contribution in [0.1, 0.15) is 17.0 Å². The van der Waals surface area contributed by atoms with Crippen molar-refractivity contribution < 1.29 is 13.5 Å². The molecule has 0 aliphatic rings. The molecule has 0 spiro atoms. The Hall–Kier alpha value is -2.54. The number of halogens is 3. The lowest BCUT2D eigenvalue weighted by molar-refractivity contribution is 0.283. The van der Waals surface area contributed by atoms with Crippen LogP contribution < -0.4 is 10.3 Å². The molecule has 3 rings (SSSR count). The zero-order valence-corrected chi connectivity index (χ0v) is 15.7. The van der Waals surface area contributed by atoms with E-state index in [1.54, 1.807) is 6.92 Å². The van der Waals surface area contributed by atoms with Gasteiger partial charge in [-0.15, -0.1) is 0 Å². The smallest absolute Gasteiger partial charge is 0.276 e. The molecule has 0 radical (unpaired) electrons. The van der Waals surface area contributed by atoms with Crippen LogP contribution in [0.4, 0.5) is 8.78 Å². The first kappa shape index (κ1) is 18.3. The highest BCUT2D eigenvalue weighted by molar-refractivity contribution is 9.10. The Labute approximate surface area is 157 Å². The Balaban J connectivity index is 1.96. The SMILES string of the molecule is Cc1ccccc1-n1c(C)nc(OCc2ccc(F)cc2F)c(Br)c1=O. The van der Waals surface area contributed by atoms with Crippen molar-refractivity contribution in [2.75, 3.05) is 0 Å². The quantitative estimate of drug-likeness (QED) is 0.625. The maximum absolute atomic E-state index is 13.7. The highest BCUT2D eigenvalue weighted by Gasteiger charge is 2.16. The van der Waals surface area contributed by atoms with Crippen molar-refractivity contribution in [2.45, 2.75) is 20.5 Å². The van der Waals surface area contributed by atoms with Gasteiger partial charge in [-0.25, -0.2) is 8.78 Å². The third-order valence-corrected chi connectivity index (χ3v) is 4.58. The monoisotopic (exact) mass is 420 g/mol. The number of aromatic nitrogens is 2. The summed E-state index contributed by atoms with van der Waals surface area (Å²) < 4.78 is 33.8. The van der Waals surface area contributed by atoms with Gasteiger partial charge in [-0.2, -0.15) is 4.98 Å². The molecule has 0 saturated carbocycles. The maximum Gasteiger partial charge on any atom is 0.276 e. The summed E-state index contributed by atoms with van der Waals surface area (Å²) in [6.07, 6.45) is 0. The molecule has 0 aliphatic carbocycles. The summed E-state index contributed by atoms with van der Waals surface area (Å²) in [5.74, 6) is -0.892. The standard InChI is InChI=1S/C19H15BrF2N2O2/c1-11-5-3-4-6-16(11)24-12(2)23-18(17(20)19(24)25)26-10-13-7-8-14(21)9-15(13)22/h3-9H,10H2,1-2H3. The summed E-state index contributed by atoms with van der Waals surface area (Å²) in [5, 5.41) is 0. The van der Waals surface area contributed by atoms with Crippen molar-refractivity contribution in [3.63, 3.8) is 0 Å². The highest BCUT2D eigenvalue weighted by atomic mass is 79.9. The topological polar surface area (TPSA) is 44.1 Å². The third-order valence-electron chi connectivity index (χ3n) is 3.90. The molecule has 134 valence electrons. The normalized spacial score (nSPS) is 10.8. The summed E-state index contributed by atoms with van der Waals surface area (Å²) in [6.45, 7) is 3.41. The van der Waals surface area contributed by atoms with Gasteiger partial charge in [0.05, 0.1) is 5.69 Å². The molecule has 0 atom stereocenters. The van der Waals surface area contributed by atoms with E-state index in [9.17, 15) is 13.6 Å². The van der Waals surface area contributed by atoms with Gasteiger partial charge in [0.25, 0.3) is 5.56 Å². The van der Waals surface area contributed by atoms with Crippen molar-refractivity contribution >= 4 is 15.9 Å². The van der Waals surface area contributed by atoms with E-state index in [-0.39, 0.29) is 28.1 Å². The van der Waals surface area contributed by atoms with Crippen molar-refractivity contribution in [1.29, 1.82) is 0 Å². The fourth-order valence-corrected chi connectivity index (χ4v) is 2.94. The molecule has 3 aromatic rings. The summed E-state index contributed by atoms with van der Waals surface area (Å²) in [4.78, 5) is 17.1. The van der Waals surface area contributed by atoms with Crippen molar-refractivity contribution in [3.05, 3.63) is 85.9 Å². The number of hydrogen-bond donors (Lipinski definition) is 0. The third kappa shape index (κ3) is 3.53. The molecule has 0 saturated heterocycles. The zero-order valence-electron chi connectivity index (χ0n) is 14.1. The molecule has 7 heteroatoms. The molecule has 0 fully saturated rings. The number of aryl methyl sites for hydroxylation is 2. The van der Waals surface area contributed by atoms with E-state index in [2.05, 4.69) is 20.9 Å². The molecule has 0 N–H and O–H groups in total. The number of benzene rings is 2. The lowest BCUT2D eigenvalue weighted by atomic mass is 10.2. The fraction of sp³-hybridized carbons (Fsp3) is 0.158. The van der Waals surface area contributed by atoms with Crippen LogP contribution in [-0.2, 0) is 6.61 Å². The minimum atomic E-state index is -0.717. The molecule has 4 nitrogen and oxygen atoms in total. The minimum absolute atomic E-state index is 0.0565. The van der Waals surface area contributed by atoms with Crippen LogP contribution in [0.3, 0.4) is 0 Å². The van der Waals surface area contributed by atoms with Gasteiger partial charge in [-0.1, -0.05) is 18.2 Å². The highest BCUT2D eigenvalue weighted by Crippen LogP contribution is 2.23. The first-order valence-corrected chi connectivity index (χ1v) is 8.59. The largest absolute Gasteiger partial charge is 0.472 e. The van der Waals surface area contributed by atoms with Gasteiger partial charge >= 0.3 is 0 Å². The van der Waals surface area contributed by atoms with Crippen molar-refractivity contribution in [3.8, 4) is 11.6 Å². The van der Waals surface area contributed by atoms with Crippen LogP contribution in [0, 0.1) is 25.5 Å². The average molecular weight is 421 g/mol. The summed E-state index contributed by atoms with van der Waals surface area (Å²) in [5.41, 5.74) is 1.48. The van der Waals surface area contributed by atoms with E-state index in [1.807, 2.05) is 31.2 Å². The number of para-hydroxylation sites is 1. The van der Waals surface area contributed by atoms with Crippen LogP contribution in [0.15, 0.2) is 51.7 Å². The Morgan fingerprint density at radius 1 is 1.15 bits per heavy atom. The molecular weight excluding hydrogens is 406 g/mol. The molecule has 1 heterocycles. The van der Waals surface area contributed by atoms with Gasteiger partial charge in [0, 0.05) is 11.6 Å². The van der Waals surface area contributed by atoms with E-state index < -0.39 is 11.6 Å². The fourth-order valence-electron chi connectivity index (χ4n) is 2.56. The number of hydrogen-bond acceptors (Lipinski definition) is 3. The minimum Gasteiger partial charge on any atom is -0.472 e. The second-order valence-corrected chi connectivity index (χ2v) is 6.52. The first-order chi connectivity index (χ1) is 12.4. The van der Waals surface area contributed by atoms with Gasteiger partial charge in [0.15, 0.2) is 0 Å². The number of nitrogens with zero attached hydrogens (tertiary/aromatic N) is 2. The molecule has 0 unspecified atom stereocenters. The Morgan fingerprint density at radius 2 is 1.88 bits per heavy atom. The Morgan fingerprint density at radius 3 is 2.58 bits per heavy atom. The number of ether oxygens (including phenoxy) is 1. The van der Waals surface area contributed by atoms with Crippen LogP contribution in [0.2, 0.25) is 0 Å². The van der Waals surface area contributed by atoms with Gasteiger partial charge in [-0.3, -0.25) is 9.36 Å². The van der Waals surface area contributed by atoms with Crippen molar-refractivity contribution in [2.24, 2.45) is 0 Å². The second kappa shape index (κ2) is 7.37. The summed E-state index contributed by atoms with van der Waals surface area (Å²) >= 11 is 3.22. The van der Waals surface area contributed by atoms with Crippen LogP contribution in [-0.4, -0.2) is 9.55 Å². The molecule has 1 aromatic heterocycles. The van der Waals surface area contributed by atoms with E-state index in [0.717, 1.165) is 23.4 Å².